The summed E-state index contributed by atoms with van der Waals surface area (Å²) in [6.07, 6.45) is 3.02. The third kappa shape index (κ3) is 1.42. The average Bonchev–Trinajstić information content (AvgIpc) is 3.01. The Morgan fingerprint density at radius 3 is 2.78 bits per heavy atom. The second-order valence-electron chi connectivity index (χ2n) is 5.40. The number of nitrogens with zero attached hydrogens (tertiary/aromatic N) is 1. The number of rotatable bonds is 3. The largest absolute Gasteiger partial charge is 0.396 e. The molecule has 0 aromatic carbocycles. The zero-order chi connectivity index (χ0) is 12.9. The molecule has 2 saturated carbocycles. The van der Waals surface area contributed by atoms with Crippen LogP contribution >= 0.6 is 0 Å². The second-order valence-corrected chi connectivity index (χ2v) is 5.40. The van der Waals surface area contributed by atoms with Crippen LogP contribution in [0.15, 0.2) is 21.9 Å². The lowest BCUT2D eigenvalue weighted by atomic mass is 9.92. The van der Waals surface area contributed by atoms with Crippen LogP contribution in [-0.2, 0) is 0 Å². The fourth-order valence-corrected chi connectivity index (χ4v) is 3.59. The first-order valence-corrected chi connectivity index (χ1v) is 6.15. The van der Waals surface area contributed by atoms with E-state index in [1.807, 2.05) is 0 Å². The van der Waals surface area contributed by atoms with Gasteiger partial charge < -0.3 is 10.2 Å². The predicted molar refractivity (Wildman–Crippen MR) is 63.2 cm³/mol. The van der Waals surface area contributed by atoms with Gasteiger partial charge in [0.2, 0.25) is 0 Å². The molecule has 2 aliphatic rings. The van der Waals surface area contributed by atoms with E-state index in [9.17, 15) is 19.8 Å². The van der Waals surface area contributed by atoms with Gasteiger partial charge in [0.15, 0.2) is 0 Å². The van der Waals surface area contributed by atoms with Crippen molar-refractivity contribution in [1.82, 2.24) is 9.55 Å². The number of aliphatic hydroxyl groups excluding tert-OH is 2. The summed E-state index contributed by atoms with van der Waals surface area (Å²) < 4.78 is 1.53. The topological polar surface area (TPSA) is 95.3 Å². The minimum absolute atomic E-state index is 0.0290. The lowest BCUT2D eigenvalue weighted by Gasteiger charge is -2.19. The zero-order valence-corrected chi connectivity index (χ0v) is 9.87. The molecule has 2 aliphatic carbocycles. The maximum absolute atomic E-state index is 11.8. The summed E-state index contributed by atoms with van der Waals surface area (Å²) in [5.41, 5.74) is -1.03. The first-order valence-electron chi connectivity index (χ1n) is 6.15. The molecule has 1 aromatic rings. The van der Waals surface area contributed by atoms with Gasteiger partial charge in [-0.1, -0.05) is 0 Å². The number of hydrogen-bond acceptors (Lipinski definition) is 4. The zero-order valence-electron chi connectivity index (χ0n) is 9.87. The summed E-state index contributed by atoms with van der Waals surface area (Å²) in [4.78, 5) is 25.0. The molecule has 18 heavy (non-hydrogen) atoms. The van der Waals surface area contributed by atoms with E-state index in [0.29, 0.717) is 6.42 Å². The predicted octanol–water partition coefficient (Wildman–Crippen LogP) is -0.912. The molecule has 6 heteroatoms. The van der Waals surface area contributed by atoms with Crippen LogP contribution in [0.2, 0.25) is 0 Å². The van der Waals surface area contributed by atoms with Gasteiger partial charge in [-0.3, -0.25) is 14.3 Å². The molecule has 1 heterocycles. The molecule has 4 unspecified atom stereocenters. The molecular weight excluding hydrogens is 236 g/mol. The Kier molecular flexibility index (Phi) is 2.46. The number of aromatic nitrogens is 2. The summed E-state index contributed by atoms with van der Waals surface area (Å²) in [5, 5.41) is 18.9. The van der Waals surface area contributed by atoms with Crippen LogP contribution in [0.25, 0.3) is 0 Å². The molecule has 0 amide bonds. The third-order valence-corrected chi connectivity index (χ3v) is 4.71. The summed E-state index contributed by atoms with van der Waals surface area (Å²) in [7, 11) is 0. The first kappa shape index (κ1) is 11.7. The highest BCUT2D eigenvalue weighted by Gasteiger charge is 2.66. The molecule has 2 fully saturated rings. The molecule has 0 aliphatic heterocycles. The van der Waals surface area contributed by atoms with Gasteiger partial charge in [0, 0.05) is 36.9 Å². The van der Waals surface area contributed by atoms with Gasteiger partial charge in [-0.2, -0.15) is 0 Å². The number of aromatic amines is 1. The van der Waals surface area contributed by atoms with Crippen molar-refractivity contribution < 1.29 is 10.2 Å². The third-order valence-electron chi connectivity index (χ3n) is 4.71. The van der Waals surface area contributed by atoms with Gasteiger partial charge in [-0.25, -0.2) is 4.79 Å². The van der Waals surface area contributed by atoms with Gasteiger partial charge in [-0.05, 0) is 24.7 Å². The van der Waals surface area contributed by atoms with Crippen LogP contribution in [0.4, 0.5) is 0 Å². The van der Waals surface area contributed by atoms with Gasteiger partial charge in [0.1, 0.15) is 0 Å². The van der Waals surface area contributed by atoms with Crippen LogP contribution in [0, 0.1) is 17.3 Å². The van der Waals surface area contributed by atoms with Gasteiger partial charge >= 0.3 is 5.69 Å². The van der Waals surface area contributed by atoms with E-state index < -0.39 is 11.2 Å². The molecular formula is C12H16N2O4. The number of nitrogens with one attached hydrogen (secondary N) is 1. The molecule has 3 N–H and O–H groups in total. The highest BCUT2D eigenvalue weighted by molar-refractivity contribution is 5.16. The van der Waals surface area contributed by atoms with Crippen molar-refractivity contribution in [2.24, 2.45) is 17.3 Å². The van der Waals surface area contributed by atoms with E-state index >= 15 is 0 Å². The number of aliphatic hydroxyl groups is 2. The Labute approximate surface area is 103 Å². The highest BCUT2D eigenvalue weighted by Crippen LogP contribution is 2.69. The van der Waals surface area contributed by atoms with Crippen LogP contribution in [-0.4, -0.2) is 33.0 Å². The normalized spacial score (nSPS) is 37.6. The van der Waals surface area contributed by atoms with Gasteiger partial charge in [-0.15, -0.1) is 0 Å². The minimum Gasteiger partial charge on any atom is -0.396 e. The molecule has 0 spiro atoms. The van der Waals surface area contributed by atoms with Crippen molar-refractivity contribution in [2.75, 3.05) is 13.2 Å². The van der Waals surface area contributed by atoms with Gasteiger partial charge in [0.25, 0.3) is 5.56 Å². The van der Waals surface area contributed by atoms with Crippen molar-refractivity contribution in [2.45, 2.75) is 18.9 Å². The number of hydrogen-bond donors (Lipinski definition) is 3. The van der Waals surface area contributed by atoms with Crippen LogP contribution in [0.5, 0.6) is 0 Å². The SMILES string of the molecule is O=c1ccn(C2CC(CO)C3(CO)CC23)c(=O)[nH]1. The second kappa shape index (κ2) is 3.80. The van der Waals surface area contributed by atoms with Crippen molar-refractivity contribution in [3.05, 3.63) is 33.1 Å². The lowest BCUT2D eigenvalue weighted by Crippen LogP contribution is -2.31. The van der Waals surface area contributed by atoms with Crippen LogP contribution in [0.3, 0.4) is 0 Å². The Balaban J connectivity index is 1.96. The van der Waals surface area contributed by atoms with Crippen LogP contribution in [0.1, 0.15) is 18.9 Å². The molecule has 0 bridgehead atoms. The molecule has 98 valence electrons. The molecule has 3 rings (SSSR count). The smallest absolute Gasteiger partial charge is 0.328 e. The standard InChI is InChI=1S/C12H16N2O4/c15-5-7-3-9(8-4-12(7,8)6-16)14-2-1-10(17)13-11(14)18/h1-2,7-9,15-16H,3-6H2,(H,13,17,18). The first-order chi connectivity index (χ1) is 8.62. The highest BCUT2D eigenvalue weighted by atomic mass is 16.3. The molecule has 6 nitrogen and oxygen atoms in total. The number of fused-ring (bicyclic) bond motifs is 1. The summed E-state index contributed by atoms with van der Waals surface area (Å²) >= 11 is 0. The summed E-state index contributed by atoms with van der Waals surface area (Å²) in [6.45, 7) is 0.0865. The molecule has 0 radical (unpaired) electrons. The Morgan fingerprint density at radius 1 is 1.44 bits per heavy atom. The van der Waals surface area contributed by atoms with E-state index in [1.165, 1.54) is 16.8 Å². The molecule has 1 aromatic heterocycles. The van der Waals surface area contributed by atoms with E-state index in [0.717, 1.165) is 6.42 Å². The Morgan fingerprint density at radius 2 is 2.22 bits per heavy atom. The van der Waals surface area contributed by atoms with Crippen molar-refractivity contribution in [3.8, 4) is 0 Å². The van der Waals surface area contributed by atoms with Crippen molar-refractivity contribution in [3.63, 3.8) is 0 Å². The maximum Gasteiger partial charge on any atom is 0.328 e. The molecule has 4 atom stereocenters. The summed E-state index contributed by atoms with van der Waals surface area (Å²) in [5.74, 6) is 0.264. The Hall–Kier alpha value is -1.40. The quantitative estimate of drug-likeness (QED) is 0.649. The van der Waals surface area contributed by atoms with Crippen molar-refractivity contribution >= 4 is 0 Å². The van der Waals surface area contributed by atoms with Crippen LogP contribution < -0.4 is 11.2 Å². The lowest BCUT2D eigenvalue weighted by molar-refractivity contribution is 0.112. The monoisotopic (exact) mass is 252 g/mol. The molecule has 0 saturated heterocycles. The summed E-state index contributed by atoms with van der Waals surface area (Å²) in [6, 6.07) is 1.30. The van der Waals surface area contributed by atoms with Crippen molar-refractivity contribution in [1.29, 1.82) is 0 Å². The fourth-order valence-electron chi connectivity index (χ4n) is 3.59. The number of H-pyrrole nitrogens is 1. The minimum atomic E-state index is -0.412. The fraction of sp³-hybridized carbons (Fsp3) is 0.667. The van der Waals surface area contributed by atoms with E-state index in [4.69, 9.17) is 0 Å². The van der Waals surface area contributed by atoms with E-state index in [1.54, 1.807) is 0 Å². The Bertz CT molecular complexity index is 578. The maximum atomic E-state index is 11.8. The van der Waals surface area contributed by atoms with E-state index in [2.05, 4.69) is 4.98 Å². The van der Waals surface area contributed by atoms with E-state index in [-0.39, 0.29) is 36.5 Å². The average molecular weight is 252 g/mol. The van der Waals surface area contributed by atoms with Gasteiger partial charge in [0.05, 0.1) is 0 Å².